The quantitative estimate of drug-likeness (QED) is 0.758. The van der Waals surface area contributed by atoms with E-state index in [9.17, 15) is 18.0 Å². The number of rotatable bonds is 6. The summed E-state index contributed by atoms with van der Waals surface area (Å²) in [6.45, 7) is 2.99. The van der Waals surface area contributed by atoms with Crippen LogP contribution in [0, 0.1) is 0 Å². The molecule has 0 aliphatic carbocycles. The zero-order valence-corrected chi connectivity index (χ0v) is 12.2. The first-order valence-corrected chi connectivity index (χ1v) is 7.21. The highest BCUT2D eigenvalue weighted by molar-refractivity contribution is 7.89. The second-order valence-corrected chi connectivity index (χ2v) is 6.64. The van der Waals surface area contributed by atoms with Gasteiger partial charge in [0, 0.05) is 19.3 Å². The van der Waals surface area contributed by atoms with E-state index >= 15 is 0 Å². The number of carbonyl (C=O) groups is 2. The Balaban J connectivity index is 3.30. The van der Waals surface area contributed by atoms with Crippen LogP contribution in [0.2, 0.25) is 0 Å². The number of aromatic carboxylic acids is 1. The maximum atomic E-state index is 12.2. The molecule has 3 N–H and O–H groups in total. The van der Waals surface area contributed by atoms with Gasteiger partial charge in [0.1, 0.15) is 10.6 Å². The second kappa shape index (κ2) is 5.63. The molecule has 0 aromatic carbocycles. The van der Waals surface area contributed by atoms with Crippen LogP contribution in [0.3, 0.4) is 0 Å². The highest BCUT2D eigenvalue weighted by atomic mass is 32.2. The van der Waals surface area contributed by atoms with E-state index in [2.05, 4.69) is 0 Å². The number of likely N-dealkylation sites (N-methyl/N-ethyl adjacent to an activating group) is 1. The first kappa shape index (κ1) is 16.2. The summed E-state index contributed by atoms with van der Waals surface area (Å²) in [5.41, 5.74) is 4.82. The fraction of sp³-hybridized carbons (Fsp3) is 0.455. The van der Waals surface area contributed by atoms with E-state index in [1.165, 1.54) is 17.8 Å². The SMILES string of the molecule is CC(C)n1cc(S(=O)(=O)N(C)CC(N)=O)cc1C(=O)O. The molecule has 0 aliphatic heterocycles. The van der Waals surface area contributed by atoms with Crippen molar-refractivity contribution in [2.24, 2.45) is 5.73 Å². The van der Waals surface area contributed by atoms with Crippen molar-refractivity contribution < 1.29 is 23.1 Å². The van der Waals surface area contributed by atoms with E-state index in [1.54, 1.807) is 13.8 Å². The fourth-order valence-corrected chi connectivity index (χ4v) is 2.84. The molecule has 1 amide bonds. The van der Waals surface area contributed by atoms with Gasteiger partial charge in [0.2, 0.25) is 15.9 Å². The van der Waals surface area contributed by atoms with Crippen LogP contribution in [-0.4, -0.2) is 47.9 Å². The number of hydrogen-bond acceptors (Lipinski definition) is 4. The topological polar surface area (TPSA) is 123 Å². The molecule has 0 radical (unpaired) electrons. The van der Waals surface area contributed by atoms with Crippen molar-refractivity contribution in [3.63, 3.8) is 0 Å². The van der Waals surface area contributed by atoms with Crippen LogP contribution in [0.1, 0.15) is 30.4 Å². The maximum absolute atomic E-state index is 12.2. The lowest BCUT2D eigenvalue weighted by molar-refractivity contribution is -0.118. The monoisotopic (exact) mass is 303 g/mol. The molecule has 0 unspecified atom stereocenters. The number of hydrogen-bond donors (Lipinski definition) is 2. The zero-order chi connectivity index (χ0) is 15.7. The average molecular weight is 303 g/mol. The molecule has 8 nitrogen and oxygen atoms in total. The normalized spacial score (nSPS) is 12.1. The third kappa shape index (κ3) is 3.17. The van der Waals surface area contributed by atoms with E-state index in [-0.39, 0.29) is 16.6 Å². The molecule has 1 heterocycles. The molecule has 1 aromatic rings. The van der Waals surface area contributed by atoms with Crippen LogP contribution in [0.15, 0.2) is 17.2 Å². The molecule has 0 bridgehead atoms. The van der Waals surface area contributed by atoms with Gasteiger partial charge in [-0.25, -0.2) is 13.2 Å². The van der Waals surface area contributed by atoms with Crippen molar-refractivity contribution in [1.29, 1.82) is 0 Å². The smallest absolute Gasteiger partial charge is 0.352 e. The summed E-state index contributed by atoms with van der Waals surface area (Å²) in [5.74, 6) is -2.02. The van der Waals surface area contributed by atoms with E-state index in [4.69, 9.17) is 10.8 Å². The Bertz CT molecular complexity index is 632. The predicted molar refractivity (Wildman–Crippen MR) is 70.8 cm³/mol. The molecule has 9 heteroatoms. The van der Waals surface area contributed by atoms with Gasteiger partial charge in [-0.1, -0.05) is 0 Å². The average Bonchev–Trinajstić information content (AvgIpc) is 2.73. The molecule has 1 aromatic heterocycles. The Morgan fingerprint density at radius 3 is 2.35 bits per heavy atom. The number of primary amides is 1. The molecule has 0 fully saturated rings. The minimum atomic E-state index is -3.95. The summed E-state index contributed by atoms with van der Waals surface area (Å²) in [6.07, 6.45) is 1.24. The number of carbonyl (C=O) groups excluding carboxylic acids is 1. The van der Waals surface area contributed by atoms with Crippen LogP contribution in [0.5, 0.6) is 0 Å². The lowest BCUT2D eigenvalue weighted by Crippen LogP contribution is -2.35. The van der Waals surface area contributed by atoms with Crippen LogP contribution < -0.4 is 5.73 Å². The van der Waals surface area contributed by atoms with E-state index in [0.717, 1.165) is 10.4 Å². The maximum Gasteiger partial charge on any atom is 0.352 e. The Morgan fingerprint density at radius 2 is 2.00 bits per heavy atom. The lowest BCUT2D eigenvalue weighted by atomic mass is 10.3. The molecule has 0 saturated carbocycles. The molecule has 0 spiro atoms. The van der Waals surface area contributed by atoms with Crippen LogP contribution in [0.4, 0.5) is 0 Å². The second-order valence-electron chi connectivity index (χ2n) is 4.59. The molecular weight excluding hydrogens is 286 g/mol. The van der Waals surface area contributed by atoms with Gasteiger partial charge in [-0.15, -0.1) is 0 Å². The van der Waals surface area contributed by atoms with Gasteiger partial charge in [0.25, 0.3) is 0 Å². The van der Waals surface area contributed by atoms with Gasteiger partial charge in [-0.05, 0) is 19.9 Å². The number of amides is 1. The Labute approximate surface area is 116 Å². The number of nitrogens with two attached hydrogens (primary N) is 1. The number of nitrogens with zero attached hydrogens (tertiary/aromatic N) is 2. The molecule has 0 saturated heterocycles. The molecule has 20 heavy (non-hydrogen) atoms. The van der Waals surface area contributed by atoms with E-state index in [1.807, 2.05) is 0 Å². The third-order valence-electron chi connectivity index (χ3n) is 2.69. The predicted octanol–water partition coefficient (Wildman–Crippen LogP) is -0.127. The van der Waals surface area contributed by atoms with Crippen molar-refractivity contribution in [3.05, 3.63) is 18.0 Å². The van der Waals surface area contributed by atoms with Crippen LogP contribution in [0.25, 0.3) is 0 Å². The highest BCUT2D eigenvalue weighted by Gasteiger charge is 2.26. The summed E-state index contributed by atoms with van der Waals surface area (Å²) in [5, 5.41) is 9.07. The van der Waals surface area contributed by atoms with Gasteiger partial charge in [0.05, 0.1) is 6.54 Å². The first-order chi connectivity index (χ1) is 9.07. The van der Waals surface area contributed by atoms with Gasteiger partial charge >= 0.3 is 5.97 Å². The molecule has 0 atom stereocenters. The highest BCUT2D eigenvalue weighted by Crippen LogP contribution is 2.21. The van der Waals surface area contributed by atoms with Crippen molar-refractivity contribution in [1.82, 2.24) is 8.87 Å². The fourth-order valence-electron chi connectivity index (χ4n) is 1.68. The Hall–Kier alpha value is -1.87. The van der Waals surface area contributed by atoms with Crippen LogP contribution in [-0.2, 0) is 14.8 Å². The summed E-state index contributed by atoms with van der Waals surface area (Å²) >= 11 is 0. The zero-order valence-electron chi connectivity index (χ0n) is 11.4. The van der Waals surface area contributed by atoms with Gasteiger partial charge in [-0.3, -0.25) is 4.79 Å². The molecule has 112 valence electrons. The standard InChI is InChI=1S/C11H17N3O5S/c1-7(2)14-5-8(4-9(14)11(16)17)20(18,19)13(3)6-10(12)15/h4-5,7H,6H2,1-3H3,(H2,12,15)(H,16,17). The number of aromatic nitrogens is 1. The summed E-state index contributed by atoms with van der Waals surface area (Å²) in [6, 6.07) is 0.848. The third-order valence-corrected chi connectivity index (χ3v) is 4.45. The van der Waals surface area contributed by atoms with Crippen molar-refractivity contribution in [3.8, 4) is 0 Å². The van der Waals surface area contributed by atoms with Gasteiger partial charge in [0.15, 0.2) is 0 Å². The summed E-state index contributed by atoms with van der Waals surface area (Å²) in [7, 11) is -2.75. The van der Waals surface area contributed by atoms with Gasteiger partial charge in [-0.2, -0.15) is 4.31 Å². The van der Waals surface area contributed by atoms with E-state index in [0.29, 0.717) is 0 Å². The minimum Gasteiger partial charge on any atom is -0.477 e. The molecule has 1 rings (SSSR count). The number of sulfonamides is 1. The molecular formula is C11H17N3O5S. The largest absolute Gasteiger partial charge is 0.477 e. The van der Waals surface area contributed by atoms with Crippen LogP contribution >= 0.6 is 0 Å². The Morgan fingerprint density at radius 1 is 1.45 bits per heavy atom. The van der Waals surface area contributed by atoms with Crippen molar-refractivity contribution in [2.75, 3.05) is 13.6 Å². The lowest BCUT2D eigenvalue weighted by Gasteiger charge is -2.14. The number of carboxylic acid groups (broad SMARTS) is 1. The van der Waals surface area contributed by atoms with Crippen molar-refractivity contribution in [2.45, 2.75) is 24.8 Å². The number of carboxylic acids is 1. The van der Waals surface area contributed by atoms with E-state index < -0.39 is 28.4 Å². The Kier molecular flexibility index (Phi) is 4.56. The summed E-state index contributed by atoms with van der Waals surface area (Å²) in [4.78, 5) is 21.7. The van der Waals surface area contributed by atoms with Gasteiger partial charge < -0.3 is 15.4 Å². The van der Waals surface area contributed by atoms with Crippen molar-refractivity contribution >= 4 is 21.9 Å². The summed E-state index contributed by atoms with van der Waals surface area (Å²) < 4.78 is 26.5. The molecule has 0 aliphatic rings. The first-order valence-electron chi connectivity index (χ1n) is 5.77. The minimum absolute atomic E-state index is 0.133.